The molecule has 1 aliphatic rings. The van der Waals surface area contributed by atoms with Gasteiger partial charge in [0.1, 0.15) is 0 Å². The van der Waals surface area contributed by atoms with Crippen molar-refractivity contribution in [3.8, 4) is 11.3 Å². The number of nitrogens with one attached hydrogen (secondary N) is 1. The average molecular weight is 429 g/mol. The average Bonchev–Trinajstić information content (AvgIpc) is 3.16. The Morgan fingerprint density at radius 1 is 1.10 bits per heavy atom. The SMILES string of the molecule is Cc1nnc2nc(-c3ccc(NC(=O)C4CCN(S(C)(=O)=O)CC4)cc3)cn2c1C. The molecule has 3 heterocycles. The van der Waals surface area contributed by atoms with Gasteiger partial charge < -0.3 is 5.32 Å². The Bertz CT molecular complexity index is 1200. The maximum absolute atomic E-state index is 12.6. The summed E-state index contributed by atoms with van der Waals surface area (Å²) in [7, 11) is -3.19. The van der Waals surface area contributed by atoms with Gasteiger partial charge in [0, 0.05) is 42.1 Å². The van der Waals surface area contributed by atoms with Gasteiger partial charge in [0.2, 0.25) is 15.9 Å². The number of sulfonamides is 1. The van der Waals surface area contributed by atoms with Crippen LogP contribution in [-0.4, -0.2) is 57.6 Å². The number of carbonyl (C=O) groups excluding carboxylic acids is 1. The zero-order valence-corrected chi connectivity index (χ0v) is 18.0. The number of anilines is 1. The predicted octanol–water partition coefficient (Wildman–Crippen LogP) is 2.02. The van der Waals surface area contributed by atoms with E-state index in [1.807, 2.05) is 48.7 Å². The Labute approximate surface area is 175 Å². The lowest BCUT2D eigenvalue weighted by Gasteiger charge is -2.29. The molecule has 158 valence electrons. The van der Waals surface area contributed by atoms with E-state index in [4.69, 9.17) is 0 Å². The number of rotatable bonds is 4. The molecule has 0 unspecified atom stereocenters. The highest BCUT2D eigenvalue weighted by molar-refractivity contribution is 7.88. The van der Waals surface area contributed by atoms with Crippen LogP contribution in [0.1, 0.15) is 24.2 Å². The summed E-state index contributed by atoms with van der Waals surface area (Å²) < 4.78 is 26.6. The Morgan fingerprint density at radius 3 is 2.40 bits per heavy atom. The zero-order valence-electron chi connectivity index (χ0n) is 17.2. The van der Waals surface area contributed by atoms with Crippen LogP contribution in [-0.2, 0) is 14.8 Å². The van der Waals surface area contributed by atoms with Crippen LogP contribution < -0.4 is 5.32 Å². The number of aromatic nitrogens is 4. The Kier molecular flexibility index (Phi) is 5.29. The summed E-state index contributed by atoms with van der Waals surface area (Å²) in [6, 6.07) is 7.48. The fourth-order valence-electron chi connectivity index (χ4n) is 3.61. The molecule has 1 saturated heterocycles. The normalized spacial score (nSPS) is 16.1. The summed E-state index contributed by atoms with van der Waals surface area (Å²) in [5, 5.41) is 11.2. The molecule has 1 amide bonds. The number of carbonyl (C=O) groups is 1. The van der Waals surface area contributed by atoms with E-state index in [-0.39, 0.29) is 11.8 Å². The molecule has 4 rings (SSSR count). The molecule has 9 nitrogen and oxygen atoms in total. The smallest absolute Gasteiger partial charge is 0.254 e. The van der Waals surface area contributed by atoms with Gasteiger partial charge in [0.15, 0.2) is 0 Å². The van der Waals surface area contributed by atoms with Gasteiger partial charge in [-0.25, -0.2) is 17.7 Å². The van der Waals surface area contributed by atoms with E-state index in [0.717, 1.165) is 22.6 Å². The standard InChI is InChI=1S/C20H24N6O3S/c1-13-14(2)26-12-18(22-20(26)24-23-13)15-4-6-17(7-5-15)21-19(27)16-8-10-25(11-9-16)30(3,28)29/h4-7,12,16H,8-11H2,1-3H3,(H,21,27). The topological polar surface area (TPSA) is 110 Å². The van der Waals surface area contributed by atoms with Crippen molar-refractivity contribution in [2.24, 2.45) is 5.92 Å². The molecule has 0 radical (unpaired) electrons. The second kappa shape index (κ2) is 7.77. The lowest BCUT2D eigenvalue weighted by molar-refractivity contribution is -0.120. The van der Waals surface area contributed by atoms with Crippen LogP contribution in [0.4, 0.5) is 5.69 Å². The molecular weight excluding hydrogens is 404 g/mol. The highest BCUT2D eigenvalue weighted by Crippen LogP contribution is 2.24. The van der Waals surface area contributed by atoms with Crippen molar-refractivity contribution in [1.82, 2.24) is 23.9 Å². The number of piperidine rings is 1. The van der Waals surface area contributed by atoms with Gasteiger partial charge in [0.25, 0.3) is 5.78 Å². The summed E-state index contributed by atoms with van der Waals surface area (Å²) in [6.45, 7) is 4.64. The number of aryl methyl sites for hydroxylation is 2. The summed E-state index contributed by atoms with van der Waals surface area (Å²) in [5.41, 5.74) is 4.24. The largest absolute Gasteiger partial charge is 0.326 e. The van der Waals surface area contributed by atoms with Crippen LogP contribution in [0.15, 0.2) is 30.5 Å². The van der Waals surface area contributed by atoms with Crippen molar-refractivity contribution in [2.75, 3.05) is 24.7 Å². The van der Waals surface area contributed by atoms with E-state index in [1.165, 1.54) is 10.6 Å². The lowest BCUT2D eigenvalue weighted by Crippen LogP contribution is -2.40. The minimum Gasteiger partial charge on any atom is -0.326 e. The number of hydrogen-bond donors (Lipinski definition) is 1. The van der Waals surface area contributed by atoms with Crippen molar-refractivity contribution < 1.29 is 13.2 Å². The van der Waals surface area contributed by atoms with Gasteiger partial charge >= 0.3 is 0 Å². The van der Waals surface area contributed by atoms with Crippen LogP contribution in [0.2, 0.25) is 0 Å². The van der Waals surface area contributed by atoms with Crippen molar-refractivity contribution in [1.29, 1.82) is 0 Å². The van der Waals surface area contributed by atoms with Crippen LogP contribution >= 0.6 is 0 Å². The third kappa shape index (κ3) is 4.05. The Morgan fingerprint density at radius 2 is 1.77 bits per heavy atom. The molecule has 10 heteroatoms. The Balaban J connectivity index is 1.43. The fourth-order valence-corrected chi connectivity index (χ4v) is 4.49. The molecule has 0 spiro atoms. The first-order valence-corrected chi connectivity index (χ1v) is 11.6. The van der Waals surface area contributed by atoms with Gasteiger partial charge in [-0.3, -0.25) is 9.20 Å². The molecule has 3 aromatic rings. The van der Waals surface area contributed by atoms with Crippen LogP contribution in [0.3, 0.4) is 0 Å². The highest BCUT2D eigenvalue weighted by atomic mass is 32.2. The number of hydrogen-bond acceptors (Lipinski definition) is 6. The first kappa shape index (κ1) is 20.4. The van der Waals surface area contributed by atoms with E-state index in [2.05, 4.69) is 20.5 Å². The molecule has 1 fully saturated rings. The maximum atomic E-state index is 12.6. The highest BCUT2D eigenvalue weighted by Gasteiger charge is 2.28. The van der Waals surface area contributed by atoms with Gasteiger partial charge in [-0.05, 0) is 38.8 Å². The third-order valence-corrected chi connectivity index (χ3v) is 6.91. The third-order valence-electron chi connectivity index (χ3n) is 5.60. The summed E-state index contributed by atoms with van der Waals surface area (Å²) in [6.07, 6.45) is 4.18. The molecule has 0 bridgehead atoms. The quantitative estimate of drug-likeness (QED) is 0.681. The van der Waals surface area contributed by atoms with Crippen LogP contribution in [0.5, 0.6) is 0 Å². The molecule has 30 heavy (non-hydrogen) atoms. The molecule has 0 aliphatic carbocycles. The lowest BCUT2D eigenvalue weighted by atomic mass is 9.97. The van der Waals surface area contributed by atoms with Crippen molar-refractivity contribution >= 4 is 27.4 Å². The summed E-state index contributed by atoms with van der Waals surface area (Å²) in [4.78, 5) is 17.1. The summed E-state index contributed by atoms with van der Waals surface area (Å²) in [5.74, 6) is 0.279. The van der Waals surface area contributed by atoms with Crippen LogP contribution in [0, 0.1) is 19.8 Å². The number of imidazole rings is 1. The summed E-state index contributed by atoms with van der Waals surface area (Å²) >= 11 is 0. The van der Waals surface area contributed by atoms with E-state index < -0.39 is 10.0 Å². The number of amides is 1. The molecule has 1 N–H and O–H groups in total. The van der Waals surface area contributed by atoms with Gasteiger partial charge in [0.05, 0.1) is 17.6 Å². The molecule has 1 aromatic carbocycles. The van der Waals surface area contributed by atoms with E-state index in [1.54, 1.807) is 0 Å². The van der Waals surface area contributed by atoms with Crippen molar-refractivity contribution in [3.63, 3.8) is 0 Å². The van der Waals surface area contributed by atoms with Gasteiger partial charge in [-0.2, -0.15) is 5.10 Å². The van der Waals surface area contributed by atoms with Gasteiger partial charge in [-0.15, -0.1) is 5.10 Å². The van der Waals surface area contributed by atoms with Crippen molar-refractivity contribution in [2.45, 2.75) is 26.7 Å². The Hall–Kier alpha value is -2.85. The van der Waals surface area contributed by atoms with Crippen LogP contribution in [0.25, 0.3) is 17.0 Å². The number of benzene rings is 1. The second-order valence-corrected chi connectivity index (χ2v) is 9.65. The minimum atomic E-state index is -3.19. The van der Waals surface area contributed by atoms with Crippen molar-refractivity contribution in [3.05, 3.63) is 41.9 Å². The number of fused-ring (bicyclic) bond motifs is 1. The minimum absolute atomic E-state index is 0.0787. The molecule has 0 saturated carbocycles. The second-order valence-electron chi connectivity index (χ2n) is 7.67. The predicted molar refractivity (Wildman–Crippen MR) is 113 cm³/mol. The maximum Gasteiger partial charge on any atom is 0.254 e. The fraction of sp³-hybridized carbons (Fsp3) is 0.400. The monoisotopic (exact) mass is 428 g/mol. The van der Waals surface area contributed by atoms with E-state index in [9.17, 15) is 13.2 Å². The zero-order chi connectivity index (χ0) is 21.5. The molecule has 2 aromatic heterocycles. The molecular formula is C20H24N6O3S. The van der Waals surface area contributed by atoms with Gasteiger partial charge in [-0.1, -0.05) is 12.1 Å². The first-order chi connectivity index (χ1) is 14.2. The first-order valence-electron chi connectivity index (χ1n) is 9.78. The molecule has 0 atom stereocenters. The molecule has 1 aliphatic heterocycles. The number of nitrogens with zero attached hydrogens (tertiary/aromatic N) is 5. The van der Waals surface area contributed by atoms with E-state index >= 15 is 0 Å². The van der Waals surface area contributed by atoms with E-state index in [0.29, 0.717) is 37.4 Å².